The van der Waals surface area contributed by atoms with E-state index in [-0.39, 0.29) is 24.6 Å². The lowest BCUT2D eigenvalue weighted by atomic mass is 10.1. The molecule has 130 valence electrons. The first-order valence-corrected chi connectivity index (χ1v) is 7.83. The van der Waals surface area contributed by atoms with E-state index in [1.165, 1.54) is 21.3 Å². The lowest BCUT2D eigenvalue weighted by Gasteiger charge is -2.32. The summed E-state index contributed by atoms with van der Waals surface area (Å²) in [5, 5.41) is 0. The lowest BCUT2D eigenvalue weighted by Crippen LogP contribution is -2.39. The number of halogens is 1. The highest BCUT2D eigenvalue weighted by molar-refractivity contribution is 9.10. The molecule has 1 heterocycles. The van der Waals surface area contributed by atoms with Crippen LogP contribution in [0.4, 0.5) is 5.69 Å². The van der Waals surface area contributed by atoms with Crippen LogP contribution in [0, 0.1) is 6.92 Å². The number of benzene rings is 1. The van der Waals surface area contributed by atoms with Crippen LogP contribution in [0.1, 0.15) is 5.56 Å². The molecule has 2 rings (SSSR count). The number of anilines is 1. The molecular weight excluding hydrogens is 382 g/mol. The van der Waals surface area contributed by atoms with E-state index < -0.39 is 11.9 Å². The minimum absolute atomic E-state index is 0.0363. The Balaban J connectivity index is 2.66. The molecule has 0 unspecified atom stereocenters. The van der Waals surface area contributed by atoms with Crippen molar-refractivity contribution in [3.8, 4) is 5.75 Å². The Morgan fingerprint density at radius 1 is 1.17 bits per heavy atom. The van der Waals surface area contributed by atoms with Gasteiger partial charge in [-0.15, -0.1) is 0 Å². The monoisotopic (exact) mass is 399 g/mol. The summed E-state index contributed by atoms with van der Waals surface area (Å²) in [4.78, 5) is 25.9. The number of hydrogen-bond donors (Lipinski definition) is 0. The van der Waals surface area contributed by atoms with Crippen molar-refractivity contribution in [2.24, 2.45) is 0 Å². The second-order valence-electron chi connectivity index (χ2n) is 4.94. The first-order chi connectivity index (χ1) is 11.5. The van der Waals surface area contributed by atoms with E-state index in [4.69, 9.17) is 18.9 Å². The van der Waals surface area contributed by atoms with Gasteiger partial charge >= 0.3 is 11.9 Å². The molecule has 1 aromatic carbocycles. The summed E-state index contributed by atoms with van der Waals surface area (Å²) in [7, 11) is 4.03. The van der Waals surface area contributed by atoms with Crippen LogP contribution in [0.25, 0.3) is 0 Å². The van der Waals surface area contributed by atoms with Crippen LogP contribution in [0.2, 0.25) is 0 Å². The number of rotatable bonds is 4. The van der Waals surface area contributed by atoms with Gasteiger partial charge in [0.05, 0.1) is 39.2 Å². The minimum atomic E-state index is -0.652. The van der Waals surface area contributed by atoms with E-state index in [9.17, 15) is 9.59 Å². The van der Waals surface area contributed by atoms with Crippen molar-refractivity contribution in [1.82, 2.24) is 0 Å². The minimum Gasteiger partial charge on any atom is -0.494 e. The van der Waals surface area contributed by atoms with E-state index in [1.54, 1.807) is 11.0 Å². The van der Waals surface area contributed by atoms with Crippen molar-refractivity contribution < 1.29 is 28.5 Å². The second kappa shape index (κ2) is 7.67. The summed E-state index contributed by atoms with van der Waals surface area (Å²) in [6.07, 6.45) is 0. The van der Waals surface area contributed by atoms with Gasteiger partial charge < -0.3 is 23.8 Å². The highest BCUT2D eigenvalue weighted by atomic mass is 79.9. The van der Waals surface area contributed by atoms with Crippen molar-refractivity contribution in [2.45, 2.75) is 6.92 Å². The molecule has 1 aromatic rings. The topological polar surface area (TPSA) is 74.3 Å². The molecule has 0 N–H and O–H groups in total. The van der Waals surface area contributed by atoms with Gasteiger partial charge in [0.25, 0.3) is 0 Å². The van der Waals surface area contributed by atoms with E-state index in [1.807, 2.05) is 13.0 Å². The molecule has 0 fully saturated rings. The number of nitrogens with zero attached hydrogens (tertiary/aromatic N) is 1. The maximum atomic E-state index is 12.3. The number of hydrogen-bond acceptors (Lipinski definition) is 7. The number of methoxy groups -OCH3 is 3. The first-order valence-electron chi connectivity index (χ1n) is 7.04. The smallest absolute Gasteiger partial charge is 0.355 e. The zero-order chi connectivity index (χ0) is 17.9. The summed E-state index contributed by atoms with van der Waals surface area (Å²) in [5.41, 5.74) is 1.61. The zero-order valence-electron chi connectivity index (χ0n) is 13.8. The van der Waals surface area contributed by atoms with Crippen LogP contribution in [0.3, 0.4) is 0 Å². The third kappa shape index (κ3) is 3.25. The molecule has 0 radical (unpaired) electrons. The molecule has 0 amide bonds. The molecule has 0 saturated heterocycles. The third-order valence-electron chi connectivity index (χ3n) is 3.65. The Labute approximate surface area is 148 Å². The average molecular weight is 400 g/mol. The van der Waals surface area contributed by atoms with Gasteiger partial charge in [-0.25, -0.2) is 9.59 Å². The van der Waals surface area contributed by atoms with E-state index >= 15 is 0 Å². The Morgan fingerprint density at radius 2 is 1.83 bits per heavy atom. The molecule has 0 aromatic heterocycles. The molecule has 24 heavy (non-hydrogen) atoms. The SMILES string of the molecule is COC(=O)C1=C(C(=O)OC)N(c2ccc(Br)c(C)c2OC)COC1. The summed E-state index contributed by atoms with van der Waals surface area (Å²) >= 11 is 3.44. The van der Waals surface area contributed by atoms with Crippen LogP contribution < -0.4 is 9.64 Å². The van der Waals surface area contributed by atoms with Gasteiger partial charge in [-0.05, 0) is 19.1 Å². The summed E-state index contributed by atoms with van der Waals surface area (Å²) in [6, 6.07) is 3.59. The predicted molar refractivity (Wildman–Crippen MR) is 89.8 cm³/mol. The molecule has 0 spiro atoms. The van der Waals surface area contributed by atoms with Gasteiger partial charge in [-0.2, -0.15) is 0 Å². The Kier molecular flexibility index (Phi) is 5.84. The van der Waals surface area contributed by atoms with Gasteiger partial charge in [0.2, 0.25) is 0 Å². The maximum Gasteiger partial charge on any atom is 0.355 e. The number of carbonyl (C=O) groups is 2. The molecular formula is C16H18BrNO6. The average Bonchev–Trinajstić information content (AvgIpc) is 2.61. The number of ether oxygens (including phenoxy) is 4. The van der Waals surface area contributed by atoms with Crippen LogP contribution in [-0.4, -0.2) is 46.6 Å². The molecule has 0 saturated carbocycles. The highest BCUT2D eigenvalue weighted by Gasteiger charge is 2.34. The van der Waals surface area contributed by atoms with Crippen molar-refractivity contribution in [3.05, 3.63) is 33.4 Å². The largest absolute Gasteiger partial charge is 0.494 e. The molecule has 0 aliphatic carbocycles. The fourth-order valence-electron chi connectivity index (χ4n) is 2.46. The van der Waals surface area contributed by atoms with Gasteiger partial charge in [0, 0.05) is 10.0 Å². The van der Waals surface area contributed by atoms with Crippen molar-refractivity contribution in [1.29, 1.82) is 0 Å². The fourth-order valence-corrected chi connectivity index (χ4v) is 2.77. The van der Waals surface area contributed by atoms with Crippen LogP contribution in [-0.2, 0) is 23.8 Å². The van der Waals surface area contributed by atoms with Crippen LogP contribution in [0.15, 0.2) is 27.9 Å². The second-order valence-corrected chi connectivity index (χ2v) is 5.80. The molecule has 0 atom stereocenters. The molecule has 8 heteroatoms. The van der Waals surface area contributed by atoms with E-state index in [0.717, 1.165) is 10.0 Å². The Bertz CT molecular complexity index is 700. The lowest BCUT2D eigenvalue weighted by molar-refractivity contribution is -0.140. The number of esters is 2. The molecule has 7 nitrogen and oxygen atoms in total. The highest BCUT2D eigenvalue weighted by Crippen LogP contribution is 2.39. The maximum absolute atomic E-state index is 12.3. The van der Waals surface area contributed by atoms with Crippen molar-refractivity contribution >= 4 is 33.6 Å². The van der Waals surface area contributed by atoms with Gasteiger partial charge in [0.1, 0.15) is 18.2 Å². The number of carbonyl (C=O) groups excluding carboxylic acids is 2. The van der Waals surface area contributed by atoms with Crippen LogP contribution in [0.5, 0.6) is 5.75 Å². The van der Waals surface area contributed by atoms with Crippen LogP contribution >= 0.6 is 15.9 Å². The Hall–Kier alpha value is -2.06. The van der Waals surface area contributed by atoms with Crippen molar-refractivity contribution in [2.75, 3.05) is 39.6 Å². The quantitative estimate of drug-likeness (QED) is 0.718. The van der Waals surface area contributed by atoms with Gasteiger partial charge in [-0.3, -0.25) is 0 Å². The zero-order valence-corrected chi connectivity index (χ0v) is 15.4. The standard InChI is InChI=1S/C16H18BrNO6/c1-9-11(17)5-6-12(14(9)21-2)18-8-24-7-10(15(19)22-3)13(18)16(20)23-4/h5-6H,7-8H2,1-4H3. The molecule has 1 aliphatic rings. The summed E-state index contributed by atoms with van der Waals surface area (Å²) in [5.74, 6) is -0.741. The Morgan fingerprint density at radius 3 is 2.42 bits per heavy atom. The predicted octanol–water partition coefficient (Wildman–Crippen LogP) is 2.16. The normalized spacial score (nSPS) is 14.5. The van der Waals surface area contributed by atoms with E-state index in [0.29, 0.717) is 11.4 Å². The van der Waals surface area contributed by atoms with Crippen molar-refractivity contribution in [3.63, 3.8) is 0 Å². The molecule has 0 bridgehead atoms. The third-order valence-corrected chi connectivity index (χ3v) is 4.51. The first kappa shape index (κ1) is 18.3. The summed E-state index contributed by atoms with van der Waals surface area (Å²) < 4.78 is 21.4. The summed E-state index contributed by atoms with van der Waals surface area (Å²) in [6.45, 7) is 1.91. The van der Waals surface area contributed by atoms with Gasteiger partial charge in [-0.1, -0.05) is 15.9 Å². The molecule has 1 aliphatic heterocycles. The fraction of sp³-hybridized carbons (Fsp3) is 0.375. The van der Waals surface area contributed by atoms with E-state index in [2.05, 4.69) is 15.9 Å². The van der Waals surface area contributed by atoms with Gasteiger partial charge in [0.15, 0.2) is 0 Å².